The Morgan fingerprint density at radius 1 is 1.21 bits per heavy atom. The average Bonchev–Trinajstić information content (AvgIpc) is 2.66. The summed E-state index contributed by atoms with van der Waals surface area (Å²) in [6.07, 6.45) is 17.0. The SMILES string of the molecule is CC/C=C(\C)CCC1C2CC=C3CC(N)CCC3C2CCC1(C)C(C)C(C)C. The molecule has 3 aliphatic rings. The summed E-state index contributed by atoms with van der Waals surface area (Å²) in [5.41, 5.74) is 10.2. The Morgan fingerprint density at radius 3 is 2.64 bits per heavy atom. The Bertz CT molecular complexity index is 585. The number of allylic oxidation sites excluding steroid dienone is 3. The lowest BCUT2D eigenvalue weighted by Gasteiger charge is -2.57. The first-order valence-electron chi connectivity index (χ1n) is 12.4. The van der Waals surface area contributed by atoms with E-state index in [9.17, 15) is 0 Å². The minimum Gasteiger partial charge on any atom is -0.327 e. The van der Waals surface area contributed by atoms with Gasteiger partial charge in [0.1, 0.15) is 0 Å². The summed E-state index contributed by atoms with van der Waals surface area (Å²) in [6, 6.07) is 0.423. The van der Waals surface area contributed by atoms with Gasteiger partial charge in [0, 0.05) is 6.04 Å². The third kappa shape index (κ3) is 4.30. The molecular weight excluding hydrogens is 338 g/mol. The summed E-state index contributed by atoms with van der Waals surface area (Å²) in [6.45, 7) is 14.7. The van der Waals surface area contributed by atoms with Crippen LogP contribution < -0.4 is 5.73 Å². The van der Waals surface area contributed by atoms with E-state index >= 15 is 0 Å². The highest BCUT2D eigenvalue weighted by molar-refractivity contribution is 5.20. The topological polar surface area (TPSA) is 26.0 Å². The minimum absolute atomic E-state index is 0.423. The van der Waals surface area contributed by atoms with Gasteiger partial charge in [-0.15, -0.1) is 0 Å². The van der Waals surface area contributed by atoms with Crippen molar-refractivity contribution in [3.8, 4) is 0 Å². The summed E-state index contributed by atoms with van der Waals surface area (Å²) in [5.74, 6) is 5.14. The Morgan fingerprint density at radius 2 is 1.96 bits per heavy atom. The van der Waals surface area contributed by atoms with Crippen molar-refractivity contribution in [1.29, 1.82) is 0 Å². The van der Waals surface area contributed by atoms with Gasteiger partial charge in [0.15, 0.2) is 0 Å². The van der Waals surface area contributed by atoms with Crippen LogP contribution in [0.5, 0.6) is 0 Å². The molecule has 2 saturated carbocycles. The molecule has 1 nitrogen and oxygen atoms in total. The predicted octanol–water partition coefficient (Wildman–Crippen LogP) is 7.52. The van der Waals surface area contributed by atoms with Gasteiger partial charge in [-0.2, -0.15) is 0 Å². The lowest BCUT2D eigenvalue weighted by molar-refractivity contribution is -0.0593. The summed E-state index contributed by atoms with van der Waals surface area (Å²) < 4.78 is 0. The van der Waals surface area contributed by atoms with Gasteiger partial charge in [-0.1, -0.05) is 57.9 Å². The van der Waals surface area contributed by atoms with Gasteiger partial charge in [0.2, 0.25) is 0 Å². The van der Waals surface area contributed by atoms with Crippen LogP contribution in [0.2, 0.25) is 0 Å². The first-order chi connectivity index (χ1) is 13.3. The third-order valence-electron chi connectivity index (χ3n) is 9.36. The van der Waals surface area contributed by atoms with E-state index in [2.05, 4.69) is 53.7 Å². The van der Waals surface area contributed by atoms with E-state index in [1.165, 1.54) is 57.8 Å². The highest BCUT2D eigenvalue weighted by Gasteiger charge is 2.52. The highest BCUT2D eigenvalue weighted by atomic mass is 14.7. The van der Waals surface area contributed by atoms with Crippen LogP contribution >= 0.6 is 0 Å². The van der Waals surface area contributed by atoms with E-state index in [0.717, 1.165) is 35.5 Å². The first kappa shape index (κ1) is 22.1. The van der Waals surface area contributed by atoms with Crippen molar-refractivity contribution in [3.05, 3.63) is 23.3 Å². The normalized spacial score (nSPS) is 39.9. The van der Waals surface area contributed by atoms with Crippen molar-refractivity contribution >= 4 is 0 Å². The lowest BCUT2D eigenvalue weighted by atomic mass is 9.48. The van der Waals surface area contributed by atoms with Crippen LogP contribution in [0.3, 0.4) is 0 Å². The molecule has 3 rings (SSSR count). The molecule has 28 heavy (non-hydrogen) atoms. The molecule has 7 atom stereocenters. The molecule has 160 valence electrons. The van der Waals surface area contributed by atoms with Crippen LogP contribution in [-0.2, 0) is 0 Å². The number of hydrogen-bond acceptors (Lipinski definition) is 1. The van der Waals surface area contributed by atoms with Crippen molar-refractivity contribution in [2.75, 3.05) is 0 Å². The Kier molecular flexibility index (Phi) is 7.17. The zero-order valence-corrected chi connectivity index (χ0v) is 19.6. The van der Waals surface area contributed by atoms with Crippen LogP contribution in [0, 0.1) is 40.9 Å². The molecule has 2 N–H and O–H groups in total. The predicted molar refractivity (Wildman–Crippen MR) is 123 cm³/mol. The van der Waals surface area contributed by atoms with E-state index in [-0.39, 0.29) is 0 Å². The molecule has 0 bridgehead atoms. The summed E-state index contributed by atoms with van der Waals surface area (Å²) in [4.78, 5) is 0. The van der Waals surface area contributed by atoms with Gasteiger partial charge >= 0.3 is 0 Å². The maximum atomic E-state index is 6.32. The monoisotopic (exact) mass is 385 g/mol. The second-order valence-corrected chi connectivity index (χ2v) is 11.2. The largest absolute Gasteiger partial charge is 0.327 e. The average molecular weight is 386 g/mol. The maximum Gasteiger partial charge on any atom is 0.00764 e. The molecule has 0 aliphatic heterocycles. The van der Waals surface area contributed by atoms with Gasteiger partial charge in [0.25, 0.3) is 0 Å². The molecule has 0 spiro atoms. The van der Waals surface area contributed by atoms with Crippen molar-refractivity contribution in [1.82, 2.24) is 0 Å². The zero-order valence-electron chi connectivity index (χ0n) is 19.6. The Labute approximate surface area is 175 Å². The van der Waals surface area contributed by atoms with E-state index in [0.29, 0.717) is 11.5 Å². The third-order valence-corrected chi connectivity index (χ3v) is 9.36. The van der Waals surface area contributed by atoms with Crippen LogP contribution in [-0.4, -0.2) is 6.04 Å². The quantitative estimate of drug-likeness (QED) is 0.470. The van der Waals surface area contributed by atoms with Crippen molar-refractivity contribution < 1.29 is 0 Å². The minimum atomic E-state index is 0.423. The van der Waals surface area contributed by atoms with Gasteiger partial charge in [0.05, 0.1) is 0 Å². The summed E-state index contributed by atoms with van der Waals surface area (Å²) >= 11 is 0. The fourth-order valence-electron chi connectivity index (χ4n) is 7.35. The van der Waals surface area contributed by atoms with E-state index < -0.39 is 0 Å². The first-order valence-corrected chi connectivity index (χ1v) is 12.4. The fraction of sp³-hybridized carbons (Fsp3) is 0.852. The molecule has 1 heteroatoms. The van der Waals surface area contributed by atoms with E-state index in [1.54, 1.807) is 11.1 Å². The molecule has 7 unspecified atom stereocenters. The Balaban J connectivity index is 1.87. The fourth-order valence-corrected chi connectivity index (χ4v) is 7.35. The number of nitrogens with two attached hydrogens (primary N) is 1. The van der Waals surface area contributed by atoms with Gasteiger partial charge < -0.3 is 5.73 Å². The number of fused-ring (bicyclic) bond motifs is 3. The summed E-state index contributed by atoms with van der Waals surface area (Å²) in [5, 5.41) is 0. The van der Waals surface area contributed by atoms with Crippen molar-refractivity contribution in [2.24, 2.45) is 46.7 Å². The summed E-state index contributed by atoms with van der Waals surface area (Å²) in [7, 11) is 0. The number of hydrogen-bond donors (Lipinski definition) is 1. The molecule has 0 aromatic carbocycles. The second kappa shape index (κ2) is 9.07. The zero-order chi connectivity index (χ0) is 20.5. The van der Waals surface area contributed by atoms with E-state index in [4.69, 9.17) is 5.73 Å². The maximum absolute atomic E-state index is 6.32. The van der Waals surface area contributed by atoms with Crippen LogP contribution in [0.1, 0.15) is 99.3 Å². The lowest BCUT2D eigenvalue weighted by Crippen LogP contribution is -2.50. The molecule has 0 amide bonds. The van der Waals surface area contributed by atoms with Crippen molar-refractivity contribution in [3.63, 3.8) is 0 Å². The van der Waals surface area contributed by atoms with E-state index in [1.807, 2.05) is 0 Å². The molecule has 2 fully saturated rings. The highest BCUT2D eigenvalue weighted by Crippen LogP contribution is 2.60. The van der Waals surface area contributed by atoms with Crippen LogP contribution in [0.15, 0.2) is 23.3 Å². The van der Waals surface area contributed by atoms with Crippen LogP contribution in [0.25, 0.3) is 0 Å². The molecule has 0 aromatic heterocycles. The molecule has 0 heterocycles. The molecule has 0 radical (unpaired) electrons. The molecule has 0 saturated heterocycles. The number of rotatable bonds is 6. The van der Waals surface area contributed by atoms with Gasteiger partial charge in [-0.3, -0.25) is 0 Å². The second-order valence-electron chi connectivity index (χ2n) is 11.2. The van der Waals surface area contributed by atoms with Gasteiger partial charge in [-0.05, 0) is 106 Å². The van der Waals surface area contributed by atoms with Crippen LogP contribution in [0.4, 0.5) is 0 Å². The molecule has 0 aromatic rings. The van der Waals surface area contributed by atoms with Crippen molar-refractivity contribution in [2.45, 2.75) is 105 Å². The smallest absolute Gasteiger partial charge is 0.00764 e. The standard InChI is InChI=1S/C27H47N/c1-7-8-19(4)9-14-26-25-12-10-21-17-22(28)11-13-23(21)24(25)15-16-27(26,6)20(5)18(2)3/h8,10,18,20,22-26H,7,9,11-17,28H2,1-6H3/b19-8+. The van der Waals surface area contributed by atoms with Gasteiger partial charge in [-0.25, -0.2) is 0 Å². The Hall–Kier alpha value is -0.560. The molecule has 3 aliphatic carbocycles. The molecular formula is C27H47N.